The van der Waals surface area contributed by atoms with Crippen LogP contribution in [-0.2, 0) is 0 Å². The monoisotopic (exact) mass is 186 g/mol. The zero-order chi connectivity index (χ0) is 8.97. The molecule has 2 nitrogen and oxygen atoms in total. The standard InChI is InChI=1S/C9H15ClN2/c1-3-5-6-12-8-7-11(4-2)9(12)10/h4,7-9H,2-3,5-6H2,1H3. The van der Waals surface area contributed by atoms with Crippen molar-refractivity contribution in [3.63, 3.8) is 0 Å². The highest BCUT2D eigenvalue weighted by Crippen LogP contribution is 2.19. The molecule has 0 N–H and O–H groups in total. The topological polar surface area (TPSA) is 6.48 Å². The number of hydrogen-bond acceptors (Lipinski definition) is 2. The average Bonchev–Trinajstić information content (AvgIpc) is 2.43. The second kappa shape index (κ2) is 4.41. The van der Waals surface area contributed by atoms with Crippen molar-refractivity contribution in [2.45, 2.75) is 25.4 Å². The van der Waals surface area contributed by atoms with Gasteiger partial charge in [-0.15, -0.1) is 0 Å². The van der Waals surface area contributed by atoms with E-state index in [0.29, 0.717) is 0 Å². The van der Waals surface area contributed by atoms with Crippen LogP contribution in [0.3, 0.4) is 0 Å². The summed E-state index contributed by atoms with van der Waals surface area (Å²) < 4.78 is 0. The molecule has 0 aromatic carbocycles. The van der Waals surface area contributed by atoms with E-state index in [0.717, 1.165) is 6.54 Å². The van der Waals surface area contributed by atoms with Crippen LogP contribution in [0.25, 0.3) is 0 Å². The van der Waals surface area contributed by atoms with Gasteiger partial charge in [0.1, 0.15) is 0 Å². The number of alkyl halides is 1. The molecular formula is C9H15ClN2. The third-order valence-electron chi connectivity index (χ3n) is 1.93. The van der Waals surface area contributed by atoms with Gasteiger partial charge in [-0.25, -0.2) is 0 Å². The minimum absolute atomic E-state index is 0.0750. The Kier molecular flexibility index (Phi) is 3.48. The third kappa shape index (κ3) is 1.95. The molecule has 1 atom stereocenters. The van der Waals surface area contributed by atoms with Crippen LogP contribution in [0.4, 0.5) is 0 Å². The predicted octanol–water partition coefficient (Wildman–Crippen LogP) is 2.54. The molecule has 12 heavy (non-hydrogen) atoms. The van der Waals surface area contributed by atoms with Crippen LogP contribution in [0.1, 0.15) is 19.8 Å². The van der Waals surface area contributed by atoms with E-state index in [9.17, 15) is 0 Å². The van der Waals surface area contributed by atoms with Crippen molar-refractivity contribution in [3.05, 3.63) is 25.2 Å². The first-order chi connectivity index (χ1) is 5.79. The van der Waals surface area contributed by atoms with Gasteiger partial charge in [0, 0.05) is 18.9 Å². The molecule has 0 saturated heterocycles. The maximum absolute atomic E-state index is 6.10. The van der Waals surface area contributed by atoms with Gasteiger partial charge in [-0.1, -0.05) is 31.5 Å². The second-order valence-electron chi connectivity index (χ2n) is 2.83. The maximum atomic E-state index is 6.10. The fourth-order valence-electron chi connectivity index (χ4n) is 1.15. The highest BCUT2D eigenvalue weighted by molar-refractivity contribution is 6.20. The Morgan fingerprint density at radius 3 is 2.83 bits per heavy atom. The van der Waals surface area contributed by atoms with E-state index in [4.69, 9.17) is 11.6 Å². The predicted molar refractivity (Wildman–Crippen MR) is 52.4 cm³/mol. The van der Waals surface area contributed by atoms with E-state index < -0.39 is 0 Å². The van der Waals surface area contributed by atoms with Crippen molar-refractivity contribution >= 4 is 11.6 Å². The summed E-state index contributed by atoms with van der Waals surface area (Å²) in [5.74, 6) is 0. The Balaban J connectivity index is 2.39. The Morgan fingerprint density at radius 2 is 2.33 bits per heavy atom. The molecule has 0 fully saturated rings. The molecule has 0 aliphatic carbocycles. The third-order valence-corrected chi connectivity index (χ3v) is 2.41. The van der Waals surface area contributed by atoms with Crippen molar-refractivity contribution in [3.8, 4) is 0 Å². The summed E-state index contributed by atoms with van der Waals surface area (Å²) in [4.78, 5) is 3.99. The zero-order valence-corrected chi connectivity index (χ0v) is 8.17. The number of nitrogens with zero attached hydrogens (tertiary/aromatic N) is 2. The Hall–Kier alpha value is -0.630. The van der Waals surface area contributed by atoms with E-state index >= 15 is 0 Å². The highest BCUT2D eigenvalue weighted by Gasteiger charge is 2.20. The van der Waals surface area contributed by atoms with E-state index in [1.165, 1.54) is 12.8 Å². The normalized spacial score (nSPS) is 22.0. The van der Waals surface area contributed by atoms with E-state index in [-0.39, 0.29) is 5.62 Å². The molecule has 0 saturated carbocycles. The van der Waals surface area contributed by atoms with Crippen LogP contribution in [0, 0.1) is 0 Å². The highest BCUT2D eigenvalue weighted by atomic mass is 35.5. The molecule has 68 valence electrons. The molecule has 0 radical (unpaired) electrons. The van der Waals surface area contributed by atoms with Crippen molar-refractivity contribution in [1.82, 2.24) is 9.80 Å². The van der Waals surface area contributed by atoms with Gasteiger partial charge in [0.2, 0.25) is 0 Å². The largest absolute Gasteiger partial charge is 0.343 e. The van der Waals surface area contributed by atoms with Gasteiger partial charge in [-0.2, -0.15) is 0 Å². The summed E-state index contributed by atoms with van der Waals surface area (Å²) in [5, 5.41) is 0. The van der Waals surface area contributed by atoms with Gasteiger partial charge in [-0.05, 0) is 12.6 Å². The first-order valence-electron chi connectivity index (χ1n) is 4.27. The van der Waals surface area contributed by atoms with Gasteiger partial charge >= 0.3 is 0 Å². The van der Waals surface area contributed by atoms with Crippen molar-refractivity contribution < 1.29 is 0 Å². The van der Waals surface area contributed by atoms with Gasteiger partial charge in [0.05, 0.1) is 0 Å². The average molecular weight is 187 g/mol. The van der Waals surface area contributed by atoms with E-state index in [1.807, 2.05) is 17.3 Å². The molecule has 1 unspecified atom stereocenters. The van der Waals surface area contributed by atoms with Crippen molar-refractivity contribution in [2.24, 2.45) is 0 Å². The number of rotatable bonds is 4. The van der Waals surface area contributed by atoms with E-state index in [1.54, 1.807) is 6.20 Å². The summed E-state index contributed by atoms with van der Waals surface area (Å²) in [5.41, 5.74) is -0.0750. The van der Waals surface area contributed by atoms with Crippen LogP contribution in [-0.4, -0.2) is 22.0 Å². The maximum Gasteiger partial charge on any atom is 0.183 e. The fraction of sp³-hybridized carbons (Fsp3) is 0.556. The first-order valence-corrected chi connectivity index (χ1v) is 4.71. The smallest absolute Gasteiger partial charge is 0.183 e. The molecule has 1 rings (SSSR count). The molecule has 1 heterocycles. The lowest BCUT2D eigenvalue weighted by molar-refractivity contribution is 0.270. The van der Waals surface area contributed by atoms with Crippen molar-refractivity contribution in [1.29, 1.82) is 0 Å². The molecule has 0 bridgehead atoms. The van der Waals surface area contributed by atoms with Crippen LogP contribution >= 0.6 is 11.6 Å². The van der Waals surface area contributed by atoms with Crippen LogP contribution < -0.4 is 0 Å². The van der Waals surface area contributed by atoms with Gasteiger partial charge in [-0.3, -0.25) is 0 Å². The summed E-state index contributed by atoms with van der Waals surface area (Å²) >= 11 is 6.10. The summed E-state index contributed by atoms with van der Waals surface area (Å²) in [6.45, 7) is 6.87. The molecule has 1 aliphatic rings. The summed E-state index contributed by atoms with van der Waals surface area (Å²) in [7, 11) is 0. The molecular weight excluding hydrogens is 172 g/mol. The molecule has 0 amide bonds. The van der Waals surface area contributed by atoms with Crippen LogP contribution in [0.5, 0.6) is 0 Å². The van der Waals surface area contributed by atoms with Gasteiger partial charge < -0.3 is 9.80 Å². The number of halogens is 1. The molecule has 3 heteroatoms. The Morgan fingerprint density at radius 1 is 1.58 bits per heavy atom. The first kappa shape index (κ1) is 9.46. The zero-order valence-electron chi connectivity index (χ0n) is 7.41. The van der Waals surface area contributed by atoms with Gasteiger partial charge in [0.15, 0.2) is 5.62 Å². The van der Waals surface area contributed by atoms with Crippen LogP contribution in [0.15, 0.2) is 25.2 Å². The number of hydrogen-bond donors (Lipinski definition) is 0. The molecule has 0 aromatic rings. The Labute approximate surface area is 79.1 Å². The molecule has 0 aromatic heterocycles. The number of unbranched alkanes of at least 4 members (excludes halogenated alkanes) is 1. The second-order valence-corrected chi connectivity index (χ2v) is 3.22. The minimum Gasteiger partial charge on any atom is -0.343 e. The quantitative estimate of drug-likeness (QED) is 0.492. The lowest BCUT2D eigenvalue weighted by atomic mass is 10.3. The lowest BCUT2D eigenvalue weighted by Gasteiger charge is -2.24. The van der Waals surface area contributed by atoms with Crippen molar-refractivity contribution in [2.75, 3.05) is 6.54 Å². The molecule has 1 aliphatic heterocycles. The SMILES string of the molecule is C=CN1C=CN(CCCC)C1Cl. The minimum atomic E-state index is -0.0750. The van der Waals surface area contributed by atoms with Crippen LogP contribution in [0.2, 0.25) is 0 Å². The van der Waals surface area contributed by atoms with Gasteiger partial charge in [0.25, 0.3) is 0 Å². The lowest BCUT2D eigenvalue weighted by Crippen LogP contribution is -2.31. The van der Waals surface area contributed by atoms with E-state index in [2.05, 4.69) is 18.4 Å². The fourth-order valence-corrected chi connectivity index (χ4v) is 1.45. The Bertz CT molecular complexity index is 179. The molecule has 0 spiro atoms. The summed E-state index contributed by atoms with van der Waals surface area (Å²) in [6, 6.07) is 0. The summed E-state index contributed by atoms with van der Waals surface area (Å²) in [6.07, 6.45) is 8.07.